The minimum absolute atomic E-state index is 0.0593. The number of halogens is 1. The van der Waals surface area contributed by atoms with E-state index in [1.807, 2.05) is 30.3 Å². The van der Waals surface area contributed by atoms with Gasteiger partial charge in [-0.1, -0.05) is 41.9 Å². The van der Waals surface area contributed by atoms with Crippen LogP contribution in [0.5, 0.6) is 0 Å². The molecule has 0 aromatic heterocycles. The third-order valence-electron chi connectivity index (χ3n) is 5.64. The molecule has 1 heterocycles. The van der Waals surface area contributed by atoms with Gasteiger partial charge in [-0.25, -0.2) is 0 Å². The number of carbonyl (C=O) groups is 4. The van der Waals surface area contributed by atoms with Crippen molar-refractivity contribution in [3.05, 3.63) is 65.2 Å². The van der Waals surface area contributed by atoms with Gasteiger partial charge < -0.3 is 20.3 Å². The summed E-state index contributed by atoms with van der Waals surface area (Å²) >= 11 is 5.91. The first kappa shape index (κ1) is 25.2. The fourth-order valence-corrected chi connectivity index (χ4v) is 3.93. The molecule has 3 rings (SSSR count). The SMILES string of the molecule is CC(=O)NC(CC(=O)OCC(=O)N1CCC(C(=O)Nc2ccccc2)CC1)c1ccc(Cl)cc1. The zero-order chi connectivity index (χ0) is 24.5. The topological polar surface area (TPSA) is 105 Å². The molecule has 1 unspecified atom stereocenters. The van der Waals surface area contributed by atoms with Gasteiger partial charge in [0.15, 0.2) is 6.61 Å². The lowest BCUT2D eigenvalue weighted by Gasteiger charge is -2.31. The summed E-state index contributed by atoms with van der Waals surface area (Å²) in [6.07, 6.45) is 0.968. The number of anilines is 1. The molecule has 2 aromatic carbocycles. The van der Waals surface area contributed by atoms with E-state index in [0.29, 0.717) is 36.5 Å². The molecule has 8 nitrogen and oxygen atoms in total. The number of para-hydroxylation sites is 1. The molecule has 1 saturated heterocycles. The van der Waals surface area contributed by atoms with E-state index in [2.05, 4.69) is 10.6 Å². The third kappa shape index (κ3) is 7.59. The maximum Gasteiger partial charge on any atom is 0.308 e. The Balaban J connectivity index is 1.44. The normalized spacial score (nSPS) is 14.7. The van der Waals surface area contributed by atoms with Gasteiger partial charge in [-0.15, -0.1) is 0 Å². The van der Waals surface area contributed by atoms with Gasteiger partial charge in [0.25, 0.3) is 5.91 Å². The number of ether oxygens (including phenoxy) is 1. The van der Waals surface area contributed by atoms with E-state index < -0.39 is 12.0 Å². The Labute approximate surface area is 203 Å². The summed E-state index contributed by atoms with van der Waals surface area (Å²) in [6.45, 7) is 1.82. The zero-order valence-corrected chi connectivity index (χ0v) is 19.7. The molecule has 9 heteroatoms. The number of benzene rings is 2. The van der Waals surface area contributed by atoms with Crippen molar-refractivity contribution in [3.63, 3.8) is 0 Å². The molecule has 0 saturated carbocycles. The average Bonchev–Trinajstić information content (AvgIpc) is 2.83. The highest BCUT2D eigenvalue weighted by Crippen LogP contribution is 2.21. The smallest absolute Gasteiger partial charge is 0.308 e. The molecule has 34 heavy (non-hydrogen) atoms. The summed E-state index contributed by atoms with van der Waals surface area (Å²) in [7, 11) is 0. The van der Waals surface area contributed by atoms with E-state index in [4.69, 9.17) is 16.3 Å². The van der Waals surface area contributed by atoms with Crippen molar-refractivity contribution < 1.29 is 23.9 Å². The second-order valence-electron chi connectivity index (χ2n) is 8.18. The van der Waals surface area contributed by atoms with Gasteiger partial charge in [-0.05, 0) is 42.7 Å². The van der Waals surface area contributed by atoms with Crippen LogP contribution in [0, 0.1) is 5.92 Å². The second-order valence-corrected chi connectivity index (χ2v) is 8.62. The van der Waals surface area contributed by atoms with E-state index >= 15 is 0 Å². The van der Waals surface area contributed by atoms with Gasteiger partial charge >= 0.3 is 5.97 Å². The molecule has 0 aliphatic carbocycles. The van der Waals surface area contributed by atoms with Crippen LogP contribution in [-0.4, -0.2) is 48.3 Å². The second kappa shape index (κ2) is 12.2. The van der Waals surface area contributed by atoms with Gasteiger partial charge in [0.05, 0.1) is 12.5 Å². The third-order valence-corrected chi connectivity index (χ3v) is 5.89. The first-order valence-corrected chi connectivity index (χ1v) is 11.5. The van der Waals surface area contributed by atoms with Gasteiger partial charge in [-0.3, -0.25) is 19.2 Å². The van der Waals surface area contributed by atoms with Crippen molar-refractivity contribution in [2.75, 3.05) is 25.0 Å². The first-order chi connectivity index (χ1) is 16.3. The number of nitrogens with one attached hydrogen (secondary N) is 2. The molecule has 0 radical (unpaired) electrons. The van der Waals surface area contributed by atoms with Crippen molar-refractivity contribution in [2.24, 2.45) is 5.92 Å². The fourth-order valence-electron chi connectivity index (χ4n) is 3.81. The van der Waals surface area contributed by atoms with Crippen LogP contribution in [0.3, 0.4) is 0 Å². The number of esters is 1. The number of nitrogens with zero attached hydrogens (tertiary/aromatic N) is 1. The minimum Gasteiger partial charge on any atom is -0.455 e. The van der Waals surface area contributed by atoms with Crippen LogP contribution in [-0.2, 0) is 23.9 Å². The molecule has 3 amide bonds. The Morgan fingerprint density at radius 3 is 2.29 bits per heavy atom. The number of hydrogen-bond acceptors (Lipinski definition) is 5. The van der Waals surface area contributed by atoms with Crippen LogP contribution in [0.4, 0.5) is 5.69 Å². The van der Waals surface area contributed by atoms with Crippen molar-refractivity contribution in [2.45, 2.75) is 32.2 Å². The molecule has 1 fully saturated rings. The molecule has 1 aliphatic heterocycles. The quantitative estimate of drug-likeness (QED) is 0.558. The average molecular weight is 486 g/mol. The van der Waals surface area contributed by atoms with Crippen LogP contribution in [0.1, 0.15) is 37.8 Å². The molecule has 0 spiro atoms. The maximum absolute atomic E-state index is 12.5. The lowest BCUT2D eigenvalue weighted by molar-refractivity contribution is -0.153. The highest BCUT2D eigenvalue weighted by molar-refractivity contribution is 6.30. The molecular formula is C25H28ClN3O5. The highest BCUT2D eigenvalue weighted by atomic mass is 35.5. The zero-order valence-electron chi connectivity index (χ0n) is 19.0. The Morgan fingerprint density at radius 1 is 1.03 bits per heavy atom. The van der Waals surface area contributed by atoms with E-state index in [9.17, 15) is 19.2 Å². The van der Waals surface area contributed by atoms with Crippen LogP contribution in [0.2, 0.25) is 5.02 Å². The summed E-state index contributed by atoms with van der Waals surface area (Å²) < 4.78 is 5.18. The summed E-state index contributed by atoms with van der Waals surface area (Å²) in [4.78, 5) is 50.5. The van der Waals surface area contributed by atoms with Gasteiger partial charge in [0, 0.05) is 36.6 Å². The molecule has 0 bridgehead atoms. The summed E-state index contributed by atoms with van der Waals surface area (Å²) in [5, 5.41) is 6.15. The van der Waals surface area contributed by atoms with Gasteiger partial charge in [0.1, 0.15) is 0 Å². The molecule has 1 atom stereocenters. The van der Waals surface area contributed by atoms with Crippen molar-refractivity contribution in [1.29, 1.82) is 0 Å². The minimum atomic E-state index is -0.598. The molecule has 2 aromatic rings. The van der Waals surface area contributed by atoms with E-state index in [0.717, 1.165) is 5.69 Å². The number of likely N-dealkylation sites (tertiary alicyclic amines) is 1. The molecule has 1 aliphatic rings. The molecule has 180 valence electrons. The Kier molecular flexibility index (Phi) is 9.04. The fraction of sp³-hybridized carbons (Fsp3) is 0.360. The summed E-state index contributed by atoms with van der Waals surface area (Å²) in [5.41, 5.74) is 1.45. The van der Waals surface area contributed by atoms with E-state index in [1.165, 1.54) is 6.92 Å². The number of carbonyl (C=O) groups excluding carboxylic acids is 4. The largest absolute Gasteiger partial charge is 0.455 e. The van der Waals surface area contributed by atoms with Crippen LogP contribution >= 0.6 is 11.6 Å². The van der Waals surface area contributed by atoms with Crippen molar-refractivity contribution in [1.82, 2.24) is 10.2 Å². The maximum atomic E-state index is 12.5. The number of piperidine rings is 1. The molecular weight excluding hydrogens is 458 g/mol. The summed E-state index contributed by atoms with van der Waals surface area (Å²) in [6, 6.07) is 15.4. The lowest BCUT2D eigenvalue weighted by Crippen LogP contribution is -2.43. The van der Waals surface area contributed by atoms with Crippen LogP contribution in [0.15, 0.2) is 54.6 Å². The summed E-state index contributed by atoms with van der Waals surface area (Å²) in [5.74, 6) is -1.43. The lowest BCUT2D eigenvalue weighted by atomic mass is 9.95. The standard InChI is InChI=1S/C25H28ClN3O5/c1-17(30)27-22(18-7-9-20(26)10-8-18)15-24(32)34-16-23(31)29-13-11-19(12-14-29)25(33)28-21-5-3-2-4-6-21/h2-10,19,22H,11-16H2,1H3,(H,27,30)(H,28,33). The Bertz CT molecular complexity index is 1000. The number of rotatable bonds is 8. The molecule has 2 N–H and O–H groups in total. The number of amides is 3. The first-order valence-electron chi connectivity index (χ1n) is 11.1. The van der Waals surface area contributed by atoms with Crippen molar-refractivity contribution in [3.8, 4) is 0 Å². The van der Waals surface area contributed by atoms with E-state index in [1.54, 1.807) is 29.2 Å². The van der Waals surface area contributed by atoms with E-state index in [-0.39, 0.29) is 36.7 Å². The Morgan fingerprint density at radius 2 is 1.68 bits per heavy atom. The highest BCUT2D eigenvalue weighted by Gasteiger charge is 2.28. The van der Waals surface area contributed by atoms with Crippen LogP contribution < -0.4 is 10.6 Å². The number of hydrogen-bond donors (Lipinski definition) is 2. The Hall–Kier alpha value is -3.39. The van der Waals surface area contributed by atoms with Crippen LogP contribution in [0.25, 0.3) is 0 Å². The van der Waals surface area contributed by atoms with Gasteiger partial charge in [0.2, 0.25) is 11.8 Å². The predicted molar refractivity (Wildman–Crippen MR) is 128 cm³/mol. The predicted octanol–water partition coefficient (Wildman–Crippen LogP) is 3.33. The van der Waals surface area contributed by atoms with Gasteiger partial charge in [-0.2, -0.15) is 0 Å². The van der Waals surface area contributed by atoms with Crippen molar-refractivity contribution >= 4 is 41.0 Å². The monoisotopic (exact) mass is 485 g/mol.